The van der Waals surface area contributed by atoms with Gasteiger partial charge in [-0.25, -0.2) is 0 Å². The van der Waals surface area contributed by atoms with Crippen molar-refractivity contribution >= 4 is 5.97 Å². The van der Waals surface area contributed by atoms with Crippen molar-refractivity contribution in [2.24, 2.45) is 0 Å². The van der Waals surface area contributed by atoms with Gasteiger partial charge in [-0.1, -0.05) is 30.3 Å². The summed E-state index contributed by atoms with van der Waals surface area (Å²) >= 11 is 0. The number of hydrogen-bond acceptors (Lipinski definition) is 2. The van der Waals surface area contributed by atoms with Crippen LogP contribution in [0, 0.1) is 0 Å². The van der Waals surface area contributed by atoms with Gasteiger partial charge in [-0.2, -0.15) is 0 Å². The molecule has 1 saturated heterocycles. The summed E-state index contributed by atoms with van der Waals surface area (Å²) in [4.78, 5) is 13.1. The minimum absolute atomic E-state index is 0.133. The van der Waals surface area contributed by atoms with Crippen LogP contribution >= 0.6 is 0 Å². The molecule has 2 rings (SSSR count). The number of carboxylic acids is 1. The summed E-state index contributed by atoms with van der Waals surface area (Å²) in [6.07, 6.45) is 0.928. The smallest absolute Gasteiger partial charge is 0.321 e. The zero-order valence-electron chi connectivity index (χ0n) is 8.76. The first-order valence-electron chi connectivity index (χ1n) is 5.18. The van der Waals surface area contributed by atoms with Crippen LogP contribution in [-0.4, -0.2) is 35.6 Å². The van der Waals surface area contributed by atoms with E-state index in [-0.39, 0.29) is 12.0 Å². The van der Waals surface area contributed by atoms with E-state index in [9.17, 15) is 9.90 Å². The van der Waals surface area contributed by atoms with Gasteiger partial charge in [0.15, 0.2) is 0 Å². The number of hydrogen-bond donors (Lipinski definition) is 1. The predicted octanol–water partition coefficient (Wildman–Crippen LogP) is 1.56. The van der Waals surface area contributed by atoms with Gasteiger partial charge in [0.1, 0.15) is 6.04 Å². The van der Waals surface area contributed by atoms with E-state index < -0.39 is 5.97 Å². The van der Waals surface area contributed by atoms with Crippen molar-refractivity contribution < 1.29 is 9.90 Å². The molecule has 0 aromatic heterocycles. The lowest BCUT2D eigenvalue weighted by molar-refractivity contribution is -0.142. The fourth-order valence-electron chi connectivity index (χ4n) is 2.36. The highest BCUT2D eigenvalue weighted by molar-refractivity contribution is 5.75. The summed E-state index contributed by atoms with van der Waals surface area (Å²) in [5.41, 5.74) is 1.13. The van der Waals surface area contributed by atoms with E-state index in [1.54, 1.807) is 0 Å². The van der Waals surface area contributed by atoms with Crippen LogP contribution in [0.1, 0.15) is 17.9 Å². The molecule has 0 saturated carbocycles. The van der Waals surface area contributed by atoms with Crippen LogP contribution in [0.25, 0.3) is 0 Å². The summed E-state index contributed by atoms with van der Waals surface area (Å²) in [6.45, 7) is 0.858. The van der Waals surface area contributed by atoms with Crippen molar-refractivity contribution in [3.63, 3.8) is 0 Å². The van der Waals surface area contributed by atoms with Crippen LogP contribution < -0.4 is 0 Å². The van der Waals surface area contributed by atoms with Crippen molar-refractivity contribution in [3.05, 3.63) is 35.9 Å². The van der Waals surface area contributed by atoms with Crippen molar-refractivity contribution in [1.82, 2.24) is 4.90 Å². The second-order valence-electron chi connectivity index (χ2n) is 4.07. The predicted molar refractivity (Wildman–Crippen MR) is 57.9 cm³/mol. The van der Waals surface area contributed by atoms with Crippen molar-refractivity contribution in [2.75, 3.05) is 13.6 Å². The quantitative estimate of drug-likeness (QED) is 0.796. The van der Waals surface area contributed by atoms with Gasteiger partial charge in [-0.15, -0.1) is 0 Å². The molecule has 2 atom stereocenters. The van der Waals surface area contributed by atoms with Gasteiger partial charge in [-0.05, 0) is 25.6 Å². The summed E-state index contributed by atoms with van der Waals surface area (Å²) in [5, 5.41) is 9.17. The van der Waals surface area contributed by atoms with Crippen LogP contribution in [0.2, 0.25) is 0 Å². The molecule has 1 aromatic rings. The molecule has 0 radical (unpaired) electrons. The monoisotopic (exact) mass is 205 g/mol. The Balaban J connectivity index is 2.26. The van der Waals surface area contributed by atoms with E-state index in [4.69, 9.17) is 0 Å². The van der Waals surface area contributed by atoms with Crippen molar-refractivity contribution in [3.8, 4) is 0 Å². The van der Waals surface area contributed by atoms with Crippen LogP contribution in [0.4, 0.5) is 0 Å². The molecule has 1 N–H and O–H groups in total. The number of likely N-dealkylation sites (N-methyl/N-ethyl adjacent to an activating group) is 1. The SMILES string of the molecule is CN1CCC(c2ccccc2)C1C(=O)O. The Bertz CT molecular complexity index is 350. The van der Waals surface area contributed by atoms with E-state index in [2.05, 4.69) is 0 Å². The molecule has 3 nitrogen and oxygen atoms in total. The number of rotatable bonds is 2. The molecule has 3 heteroatoms. The van der Waals surface area contributed by atoms with Gasteiger partial charge in [0.05, 0.1) is 0 Å². The second kappa shape index (κ2) is 4.03. The number of carboxylic acid groups (broad SMARTS) is 1. The molecule has 80 valence electrons. The standard InChI is InChI=1S/C12H15NO2/c1-13-8-7-10(11(13)12(14)15)9-5-3-2-4-6-9/h2-6,10-11H,7-8H2,1H3,(H,14,15). The van der Waals surface area contributed by atoms with E-state index in [1.807, 2.05) is 42.3 Å². The number of nitrogens with zero attached hydrogens (tertiary/aromatic N) is 1. The lowest BCUT2D eigenvalue weighted by atomic mass is 9.92. The number of likely N-dealkylation sites (tertiary alicyclic amines) is 1. The highest BCUT2D eigenvalue weighted by atomic mass is 16.4. The summed E-state index contributed by atoms with van der Waals surface area (Å²) in [6, 6.07) is 9.55. The first kappa shape index (κ1) is 10.2. The Hall–Kier alpha value is -1.35. The highest BCUT2D eigenvalue weighted by Crippen LogP contribution is 2.32. The number of benzene rings is 1. The average Bonchev–Trinajstić information content (AvgIpc) is 2.61. The Morgan fingerprint density at radius 2 is 2.07 bits per heavy atom. The minimum Gasteiger partial charge on any atom is -0.480 e. The van der Waals surface area contributed by atoms with E-state index >= 15 is 0 Å². The topological polar surface area (TPSA) is 40.5 Å². The largest absolute Gasteiger partial charge is 0.480 e. The van der Waals surface area contributed by atoms with Gasteiger partial charge in [0.25, 0.3) is 0 Å². The van der Waals surface area contributed by atoms with Gasteiger partial charge in [0.2, 0.25) is 0 Å². The molecule has 1 heterocycles. The second-order valence-corrected chi connectivity index (χ2v) is 4.07. The minimum atomic E-state index is -0.719. The third-order valence-corrected chi connectivity index (χ3v) is 3.13. The third kappa shape index (κ3) is 1.88. The molecule has 2 unspecified atom stereocenters. The third-order valence-electron chi connectivity index (χ3n) is 3.13. The van der Waals surface area contributed by atoms with Gasteiger partial charge >= 0.3 is 5.97 Å². The van der Waals surface area contributed by atoms with Crippen LogP contribution in [0.3, 0.4) is 0 Å². The molecule has 0 spiro atoms. The lowest BCUT2D eigenvalue weighted by Crippen LogP contribution is -2.36. The average molecular weight is 205 g/mol. The van der Waals surface area contributed by atoms with E-state index in [0.29, 0.717) is 0 Å². The summed E-state index contributed by atoms with van der Waals surface area (Å²) in [7, 11) is 1.88. The first-order valence-corrected chi connectivity index (χ1v) is 5.18. The zero-order chi connectivity index (χ0) is 10.8. The molecule has 1 fully saturated rings. The van der Waals surface area contributed by atoms with E-state index in [0.717, 1.165) is 18.5 Å². The summed E-state index contributed by atoms with van der Waals surface area (Å²) < 4.78 is 0. The lowest BCUT2D eigenvalue weighted by Gasteiger charge is -2.20. The molecular weight excluding hydrogens is 190 g/mol. The first-order chi connectivity index (χ1) is 7.20. The number of aliphatic carboxylic acids is 1. The maximum Gasteiger partial charge on any atom is 0.321 e. The molecule has 15 heavy (non-hydrogen) atoms. The molecule has 1 aliphatic heterocycles. The Labute approximate surface area is 89.3 Å². The van der Waals surface area contributed by atoms with E-state index in [1.165, 1.54) is 0 Å². The molecule has 0 aliphatic carbocycles. The molecule has 1 aromatic carbocycles. The van der Waals surface area contributed by atoms with Crippen LogP contribution in [-0.2, 0) is 4.79 Å². The van der Waals surface area contributed by atoms with Crippen LogP contribution in [0.15, 0.2) is 30.3 Å². The van der Waals surface area contributed by atoms with Gasteiger partial charge < -0.3 is 5.11 Å². The number of carbonyl (C=O) groups is 1. The zero-order valence-corrected chi connectivity index (χ0v) is 8.76. The Kier molecular flexibility index (Phi) is 2.73. The molecular formula is C12H15NO2. The van der Waals surface area contributed by atoms with Crippen LogP contribution in [0.5, 0.6) is 0 Å². The maximum atomic E-state index is 11.2. The maximum absolute atomic E-state index is 11.2. The molecule has 1 aliphatic rings. The van der Waals surface area contributed by atoms with Gasteiger partial charge in [0, 0.05) is 5.92 Å². The Morgan fingerprint density at radius 1 is 1.40 bits per heavy atom. The molecule has 0 bridgehead atoms. The highest BCUT2D eigenvalue weighted by Gasteiger charge is 2.37. The van der Waals surface area contributed by atoms with Crippen molar-refractivity contribution in [1.29, 1.82) is 0 Å². The normalized spacial score (nSPS) is 26.7. The fourth-order valence-corrected chi connectivity index (χ4v) is 2.36. The Morgan fingerprint density at radius 3 is 2.67 bits per heavy atom. The fraction of sp³-hybridized carbons (Fsp3) is 0.417. The van der Waals surface area contributed by atoms with Crippen molar-refractivity contribution in [2.45, 2.75) is 18.4 Å². The van der Waals surface area contributed by atoms with Gasteiger partial charge in [-0.3, -0.25) is 9.69 Å². The summed E-state index contributed by atoms with van der Waals surface area (Å²) in [5.74, 6) is -0.586. The molecule has 0 amide bonds.